The first-order chi connectivity index (χ1) is 9.27. The standard InChI is InChI=1S/C10H18N4O5S/c1-20-3-2-6(9(17)18)13-10(19)14(4-7(11)15)5-8(12)16/h6H,2-5H2,1H3,(H2,11,15)(H2,12,16)(H,13,19)(H,17,18). The largest absolute Gasteiger partial charge is 0.480 e. The quantitative estimate of drug-likeness (QED) is 0.393. The van der Waals surface area contributed by atoms with Gasteiger partial charge in [-0.1, -0.05) is 0 Å². The minimum absolute atomic E-state index is 0.212. The Balaban J connectivity index is 4.72. The van der Waals surface area contributed by atoms with Gasteiger partial charge in [-0.3, -0.25) is 9.59 Å². The predicted molar refractivity (Wildman–Crippen MR) is 72.9 cm³/mol. The van der Waals surface area contributed by atoms with Gasteiger partial charge in [0, 0.05) is 0 Å². The molecule has 0 aromatic heterocycles. The molecule has 6 N–H and O–H groups in total. The lowest BCUT2D eigenvalue weighted by Crippen LogP contribution is -2.52. The SMILES string of the molecule is CSCCC(NC(=O)N(CC(N)=O)CC(N)=O)C(=O)O. The number of rotatable bonds is 9. The molecule has 1 unspecified atom stereocenters. The maximum absolute atomic E-state index is 11.8. The van der Waals surface area contributed by atoms with E-state index in [0.717, 1.165) is 4.90 Å². The van der Waals surface area contributed by atoms with Crippen LogP contribution in [0.1, 0.15) is 6.42 Å². The fourth-order valence-corrected chi connectivity index (χ4v) is 1.78. The lowest BCUT2D eigenvalue weighted by molar-refractivity contribution is -0.139. The Labute approximate surface area is 120 Å². The Morgan fingerprint density at radius 1 is 1.20 bits per heavy atom. The molecule has 9 nitrogen and oxygen atoms in total. The molecule has 0 aliphatic heterocycles. The van der Waals surface area contributed by atoms with E-state index >= 15 is 0 Å². The lowest BCUT2D eigenvalue weighted by atomic mass is 10.2. The summed E-state index contributed by atoms with van der Waals surface area (Å²) in [6, 6.07) is -1.99. The molecule has 0 aromatic rings. The molecule has 0 fully saturated rings. The maximum atomic E-state index is 11.8. The van der Waals surface area contributed by atoms with Crippen LogP contribution in [0.25, 0.3) is 0 Å². The molecule has 0 aliphatic rings. The summed E-state index contributed by atoms with van der Waals surface area (Å²) >= 11 is 1.43. The Hall–Kier alpha value is -1.97. The number of carbonyl (C=O) groups is 4. The van der Waals surface area contributed by atoms with Crippen molar-refractivity contribution in [3.63, 3.8) is 0 Å². The van der Waals surface area contributed by atoms with Crippen molar-refractivity contribution < 1.29 is 24.3 Å². The molecule has 4 amide bonds. The van der Waals surface area contributed by atoms with Crippen molar-refractivity contribution in [2.45, 2.75) is 12.5 Å². The number of nitrogens with zero attached hydrogens (tertiary/aromatic N) is 1. The third-order valence-corrected chi connectivity index (χ3v) is 2.83. The summed E-state index contributed by atoms with van der Waals surface area (Å²) in [7, 11) is 0. The van der Waals surface area contributed by atoms with E-state index in [9.17, 15) is 19.2 Å². The van der Waals surface area contributed by atoms with Gasteiger partial charge in [0.15, 0.2) is 0 Å². The van der Waals surface area contributed by atoms with E-state index in [1.807, 2.05) is 0 Å². The zero-order chi connectivity index (χ0) is 15.7. The van der Waals surface area contributed by atoms with Gasteiger partial charge in [0.2, 0.25) is 11.8 Å². The first kappa shape index (κ1) is 18.0. The summed E-state index contributed by atoms with van der Waals surface area (Å²) in [5.74, 6) is -2.34. The van der Waals surface area contributed by atoms with Crippen LogP contribution in [0.3, 0.4) is 0 Å². The fourth-order valence-electron chi connectivity index (χ4n) is 1.31. The molecular formula is C10H18N4O5S. The summed E-state index contributed by atoms with van der Waals surface area (Å²) in [6.07, 6.45) is 2.01. The zero-order valence-electron chi connectivity index (χ0n) is 11.0. The molecule has 114 valence electrons. The number of thioether (sulfide) groups is 1. The molecule has 0 bridgehead atoms. The van der Waals surface area contributed by atoms with Crippen LogP contribution in [0.2, 0.25) is 0 Å². The van der Waals surface area contributed by atoms with Crippen molar-refractivity contribution in [2.75, 3.05) is 25.1 Å². The van der Waals surface area contributed by atoms with Gasteiger partial charge in [-0.25, -0.2) is 9.59 Å². The lowest BCUT2D eigenvalue weighted by Gasteiger charge is -2.22. The monoisotopic (exact) mass is 306 g/mol. The fraction of sp³-hybridized carbons (Fsp3) is 0.600. The Bertz CT molecular complexity index is 374. The number of hydrogen-bond donors (Lipinski definition) is 4. The minimum Gasteiger partial charge on any atom is -0.480 e. The number of hydrogen-bond acceptors (Lipinski definition) is 5. The molecule has 0 rings (SSSR count). The highest BCUT2D eigenvalue weighted by molar-refractivity contribution is 7.98. The molecule has 0 aliphatic carbocycles. The molecule has 20 heavy (non-hydrogen) atoms. The van der Waals surface area contributed by atoms with E-state index in [1.165, 1.54) is 11.8 Å². The van der Waals surface area contributed by atoms with Gasteiger partial charge in [0.25, 0.3) is 0 Å². The highest BCUT2D eigenvalue weighted by Crippen LogP contribution is 2.02. The van der Waals surface area contributed by atoms with Crippen LogP contribution in [0.4, 0.5) is 4.79 Å². The van der Waals surface area contributed by atoms with E-state index in [1.54, 1.807) is 6.26 Å². The van der Waals surface area contributed by atoms with Gasteiger partial charge in [0.1, 0.15) is 19.1 Å². The number of urea groups is 1. The average Bonchev–Trinajstić information content (AvgIpc) is 2.31. The van der Waals surface area contributed by atoms with Crippen LogP contribution in [-0.4, -0.2) is 65.0 Å². The minimum atomic E-state index is -1.20. The normalized spacial score (nSPS) is 11.4. The first-order valence-corrected chi connectivity index (χ1v) is 7.01. The topological polar surface area (TPSA) is 156 Å². The van der Waals surface area contributed by atoms with Crippen molar-refractivity contribution in [3.8, 4) is 0 Å². The number of primary amides is 2. The summed E-state index contributed by atoms with van der Waals surface area (Å²) < 4.78 is 0. The summed E-state index contributed by atoms with van der Waals surface area (Å²) in [5, 5.41) is 11.2. The van der Waals surface area contributed by atoms with Gasteiger partial charge in [0.05, 0.1) is 0 Å². The number of carboxylic acid groups (broad SMARTS) is 1. The molecule has 10 heteroatoms. The third-order valence-electron chi connectivity index (χ3n) is 2.19. The van der Waals surface area contributed by atoms with Crippen molar-refractivity contribution in [1.82, 2.24) is 10.2 Å². The van der Waals surface area contributed by atoms with Gasteiger partial charge < -0.3 is 26.8 Å². The van der Waals surface area contributed by atoms with Crippen molar-refractivity contribution in [1.29, 1.82) is 0 Å². The number of nitrogens with one attached hydrogen (secondary N) is 1. The molecule has 1 atom stereocenters. The van der Waals surface area contributed by atoms with E-state index < -0.39 is 42.9 Å². The van der Waals surface area contributed by atoms with E-state index in [0.29, 0.717) is 5.75 Å². The predicted octanol–water partition coefficient (Wildman–Crippen LogP) is -1.83. The van der Waals surface area contributed by atoms with Crippen molar-refractivity contribution in [3.05, 3.63) is 0 Å². The van der Waals surface area contributed by atoms with Gasteiger partial charge >= 0.3 is 12.0 Å². The number of carbonyl (C=O) groups excluding carboxylic acids is 3. The van der Waals surface area contributed by atoms with Gasteiger partial charge in [-0.2, -0.15) is 11.8 Å². The highest BCUT2D eigenvalue weighted by atomic mass is 32.2. The van der Waals surface area contributed by atoms with Crippen molar-refractivity contribution >= 4 is 35.6 Å². The van der Waals surface area contributed by atoms with Crippen LogP contribution in [0.15, 0.2) is 0 Å². The number of amides is 4. The average molecular weight is 306 g/mol. The Morgan fingerprint density at radius 2 is 1.70 bits per heavy atom. The molecule has 0 radical (unpaired) electrons. The highest BCUT2D eigenvalue weighted by Gasteiger charge is 2.24. The Morgan fingerprint density at radius 3 is 2.05 bits per heavy atom. The second-order valence-corrected chi connectivity index (χ2v) is 4.90. The van der Waals surface area contributed by atoms with E-state index in [4.69, 9.17) is 16.6 Å². The van der Waals surface area contributed by atoms with E-state index in [-0.39, 0.29) is 6.42 Å². The number of carboxylic acids is 1. The summed E-state index contributed by atoms with van der Waals surface area (Å²) in [4.78, 5) is 45.2. The number of nitrogens with two attached hydrogens (primary N) is 2. The summed E-state index contributed by atoms with van der Waals surface area (Å²) in [5.41, 5.74) is 9.89. The van der Waals surface area contributed by atoms with Gasteiger partial charge in [-0.05, 0) is 18.4 Å². The summed E-state index contributed by atoms with van der Waals surface area (Å²) in [6.45, 7) is -1.05. The van der Waals surface area contributed by atoms with Crippen LogP contribution in [0.5, 0.6) is 0 Å². The molecule has 0 heterocycles. The molecule has 0 aromatic carbocycles. The Kier molecular flexibility index (Phi) is 8.13. The molecule has 0 spiro atoms. The van der Waals surface area contributed by atoms with Crippen LogP contribution >= 0.6 is 11.8 Å². The molecule has 0 saturated heterocycles. The van der Waals surface area contributed by atoms with Gasteiger partial charge in [-0.15, -0.1) is 0 Å². The maximum Gasteiger partial charge on any atom is 0.326 e. The third kappa shape index (κ3) is 7.46. The van der Waals surface area contributed by atoms with E-state index in [2.05, 4.69) is 5.32 Å². The van der Waals surface area contributed by atoms with Crippen LogP contribution in [-0.2, 0) is 14.4 Å². The first-order valence-electron chi connectivity index (χ1n) is 5.61. The van der Waals surface area contributed by atoms with Crippen molar-refractivity contribution in [2.24, 2.45) is 11.5 Å². The molecular weight excluding hydrogens is 288 g/mol. The number of aliphatic carboxylic acids is 1. The zero-order valence-corrected chi connectivity index (χ0v) is 11.8. The van der Waals surface area contributed by atoms with Crippen LogP contribution in [0, 0.1) is 0 Å². The second kappa shape index (κ2) is 9.02. The molecule has 0 saturated carbocycles. The smallest absolute Gasteiger partial charge is 0.326 e. The van der Waals surface area contributed by atoms with Crippen LogP contribution < -0.4 is 16.8 Å². The second-order valence-electron chi connectivity index (χ2n) is 3.91.